The fraction of sp³-hybridized carbons (Fsp3) is 0.312. The maximum Gasteiger partial charge on any atom is 0.422 e. The number of aliphatic hydroxyl groups excluding tert-OH is 1. The number of alkyl halides is 3. The minimum Gasteiger partial charge on any atom is -0.465 e. The molecule has 1 aromatic carbocycles. The van der Waals surface area contributed by atoms with Crippen LogP contribution in [0.25, 0.3) is 0 Å². The van der Waals surface area contributed by atoms with Crippen LogP contribution in [0.4, 0.5) is 29.9 Å². The number of nitrogens with one attached hydrogen (secondary N) is 3. The number of nitrogens with zero attached hydrogens (tertiary/aromatic N) is 3. The number of esters is 1. The van der Waals surface area contributed by atoms with Gasteiger partial charge in [0.1, 0.15) is 11.6 Å². The lowest BCUT2D eigenvalue weighted by Gasteiger charge is -2.14. The second-order valence-electron chi connectivity index (χ2n) is 6.01. The van der Waals surface area contributed by atoms with Gasteiger partial charge in [-0.05, 0) is 18.6 Å². The summed E-state index contributed by atoms with van der Waals surface area (Å²) in [6, 6.07) is 1.67. The highest BCUT2D eigenvalue weighted by atomic mass is 32.2. The first kappa shape index (κ1) is 25.5. The minimum absolute atomic E-state index is 0.121. The number of aliphatic hydroxyl groups is 1. The standard InChI is InChI=1S/C16H17F3N6O7S/c1-8-4-3-5-9(11(27)31-2)10(8)33(29,30)25-14(28)22-13-21-12(20-7-26)23-15(24-13)32-6-16(17,18)19/h3-5,26H,6-7H2,1-2H3,(H3,20,21,22,23,24,25,28). The van der Waals surface area contributed by atoms with Crippen molar-refractivity contribution in [2.24, 2.45) is 0 Å². The number of amides is 2. The molecule has 0 unspecified atom stereocenters. The monoisotopic (exact) mass is 494 g/mol. The minimum atomic E-state index is -4.72. The average molecular weight is 494 g/mol. The van der Waals surface area contributed by atoms with E-state index in [9.17, 15) is 31.2 Å². The molecule has 0 aliphatic carbocycles. The first-order valence-corrected chi connectivity index (χ1v) is 10.2. The number of aryl methyl sites for hydroxylation is 1. The number of benzene rings is 1. The number of rotatable bonds is 8. The SMILES string of the molecule is COC(=O)c1cccc(C)c1S(=O)(=O)NC(=O)Nc1nc(NCO)nc(OCC(F)(F)F)n1. The number of halogens is 3. The molecule has 0 aliphatic heterocycles. The maximum absolute atomic E-state index is 12.7. The van der Waals surface area contributed by atoms with E-state index in [0.29, 0.717) is 0 Å². The molecule has 2 amide bonds. The van der Waals surface area contributed by atoms with Crippen LogP contribution in [0.5, 0.6) is 6.01 Å². The molecule has 17 heteroatoms. The Balaban J connectivity index is 2.28. The molecule has 0 radical (unpaired) electrons. The number of sulfonamides is 1. The van der Waals surface area contributed by atoms with E-state index in [1.165, 1.54) is 25.1 Å². The molecule has 0 fully saturated rings. The van der Waals surface area contributed by atoms with Crippen molar-refractivity contribution in [2.75, 3.05) is 31.1 Å². The van der Waals surface area contributed by atoms with Gasteiger partial charge in [0.15, 0.2) is 6.61 Å². The summed E-state index contributed by atoms with van der Waals surface area (Å²) in [6.07, 6.45) is -4.72. The Morgan fingerprint density at radius 2 is 1.82 bits per heavy atom. The van der Waals surface area contributed by atoms with Crippen molar-refractivity contribution in [3.05, 3.63) is 29.3 Å². The molecule has 4 N–H and O–H groups in total. The number of methoxy groups -OCH3 is 1. The lowest BCUT2D eigenvalue weighted by Crippen LogP contribution is -2.36. The van der Waals surface area contributed by atoms with Gasteiger partial charge in [-0.3, -0.25) is 5.32 Å². The van der Waals surface area contributed by atoms with Gasteiger partial charge in [0.25, 0.3) is 10.0 Å². The van der Waals surface area contributed by atoms with Gasteiger partial charge >= 0.3 is 24.2 Å². The average Bonchev–Trinajstić information content (AvgIpc) is 2.70. The third kappa shape index (κ3) is 7.14. The summed E-state index contributed by atoms with van der Waals surface area (Å²) < 4.78 is 73.1. The molecule has 1 aromatic heterocycles. The Hall–Kier alpha value is -3.73. The molecule has 2 aromatic rings. The molecule has 0 saturated heterocycles. The molecule has 0 bridgehead atoms. The number of urea groups is 1. The van der Waals surface area contributed by atoms with E-state index in [1.807, 2.05) is 5.32 Å². The van der Waals surface area contributed by atoms with Crippen LogP contribution in [0.1, 0.15) is 15.9 Å². The topological polar surface area (TPSA) is 182 Å². The van der Waals surface area contributed by atoms with Crippen LogP contribution < -0.4 is 20.1 Å². The molecule has 0 spiro atoms. The Kier molecular flexibility index (Phi) is 7.94. The Morgan fingerprint density at radius 1 is 1.15 bits per heavy atom. The van der Waals surface area contributed by atoms with Crippen LogP contribution in [-0.2, 0) is 14.8 Å². The van der Waals surface area contributed by atoms with Gasteiger partial charge in [0, 0.05) is 0 Å². The number of hydrogen-bond donors (Lipinski definition) is 4. The molecule has 13 nitrogen and oxygen atoms in total. The predicted molar refractivity (Wildman–Crippen MR) is 104 cm³/mol. The Bertz CT molecular complexity index is 1140. The number of anilines is 2. The fourth-order valence-corrected chi connectivity index (χ4v) is 3.68. The fourth-order valence-electron chi connectivity index (χ4n) is 2.35. The summed E-state index contributed by atoms with van der Waals surface area (Å²) in [5.74, 6) is -2.15. The summed E-state index contributed by atoms with van der Waals surface area (Å²) in [5, 5.41) is 12.9. The molecule has 0 saturated carbocycles. The Morgan fingerprint density at radius 3 is 2.42 bits per heavy atom. The van der Waals surface area contributed by atoms with Crippen molar-refractivity contribution in [1.29, 1.82) is 0 Å². The van der Waals surface area contributed by atoms with E-state index >= 15 is 0 Å². The largest absolute Gasteiger partial charge is 0.465 e. The van der Waals surface area contributed by atoms with Crippen LogP contribution in [0.3, 0.4) is 0 Å². The van der Waals surface area contributed by atoms with Crippen molar-refractivity contribution in [1.82, 2.24) is 19.7 Å². The van der Waals surface area contributed by atoms with E-state index < -0.39 is 64.3 Å². The van der Waals surface area contributed by atoms with Crippen molar-refractivity contribution in [3.8, 4) is 6.01 Å². The zero-order valence-electron chi connectivity index (χ0n) is 16.9. The van der Waals surface area contributed by atoms with Crippen molar-refractivity contribution >= 4 is 33.9 Å². The molecule has 0 atom stereocenters. The van der Waals surface area contributed by atoms with E-state index in [-0.39, 0.29) is 11.1 Å². The summed E-state index contributed by atoms with van der Waals surface area (Å²) in [6.45, 7) is -1.12. The van der Waals surface area contributed by atoms with E-state index in [1.54, 1.807) is 4.72 Å². The molecule has 1 heterocycles. The van der Waals surface area contributed by atoms with E-state index in [4.69, 9.17) is 5.11 Å². The normalized spacial score (nSPS) is 11.5. The van der Waals surface area contributed by atoms with Crippen molar-refractivity contribution < 1.29 is 45.8 Å². The number of ether oxygens (including phenoxy) is 2. The summed E-state index contributed by atoms with van der Waals surface area (Å²) in [5.41, 5.74) is -0.217. The van der Waals surface area contributed by atoms with Gasteiger partial charge in [-0.25, -0.2) is 22.7 Å². The van der Waals surface area contributed by atoms with Gasteiger partial charge in [-0.1, -0.05) is 12.1 Å². The van der Waals surface area contributed by atoms with Gasteiger partial charge < -0.3 is 19.9 Å². The van der Waals surface area contributed by atoms with Crippen LogP contribution in [0, 0.1) is 6.92 Å². The van der Waals surface area contributed by atoms with Crippen LogP contribution in [0.15, 0.2) is 23.1 Å². The highest BCUT2D eigenvalue weighted by Crippen LogP contribution is 2.21. The Labute approximate surface area is 184 Å². The van der Waals surface area contributed by atoms with Crippen LogP contribution >= 0.6 is 0 Å². The molecular formula is C16H17F3N6O7S. The number of carbonyl (C=O) groups is 2. The number of hydrogen-bond acceptors (Lipinski definition) is 11. The van der Waals surface area contributed by atoms with Gasteiger partial charge in [-0.2, -0.15) is 28.1 Å². The first-order valence-electron chi connectivity index (χ1n) is 8.68. The van der Waals surface area contributed by atoms with Crippen LogP contribution in [0.2, 0.25) is 0 Å². The third-order valence-corrected chi connectivity index (χ3v) is 5.09. The van der Waals surface area contributed by atoms with Crippen LogP contribution in [-0.4, -0.2) is 67.1 Å². The maximum atomic E-state index is 12.7. The quantitative estimate of drug-likeness (QED) is 0.301. The number of aromatic nitrogens is 3. The second-order valence-corrected chi connectivity index (χ2v) is 7.63. The summed E-state index contributed by atoms with van der Waals surface area (Å²) in [7, 11) is -3.59. The molecular weight excluding hydrogens is 477 g/mol. The van der Waals surface area contributed by atoms with Crippen molar-refractivity contribution in [2.45, 2.75) is 18.0 Å². The lowest BCUT2D eigenvalue weighted by molar-refractivity contribution is -0.154. The highest BCUT2D eigenvalue weighted by Gasteiger charge is 2.30. The zero-order chi connectivity index (χ0) is 24.8. The molecule has 180 valence electrons. The number of carbonyl (C=O) groups excluding carboxylic acids is 2. The highest BCUT2D eigenvalue weighted by molar-refractivity contribution is 7.90. The first-order chi connectivity index (χ1) is 15.4. The van der Waals surface area contributed by atoms with Gasteiger partial charge in [0.05, 0.1) is 12.7 Å². The summed E-state index contributed by atoms with van der Waals surface area (Å²) >= 11 is 0. The van der Waals surface area contributed by atoms with Crippen molar-refractivity contribution in [3.63, 3.8) is 0 Å². The van der Waals surface area contributed by atoms with Gasteiger partial charge in [0.2, 0.25) is 11.9 Å². The molecule has 0 aliphatic rings. The predicted octanol–water partition coefficient (Wildman–Crippen LogP) is 0.780. The van der Waals surface area contributed by atoms with E-state index in [0.717, 1.165) is 7.11 Å². The summed E-state index contributed by atoms with van der Waals surface area (Å²) in [4.78, 5) is 34.1. The van der Waals surface area contributed by atoms with Gasteiger partial charge in [-0.15, -0.1) is 0 Å². The third-order valence-electron chi connectivity index (χ3n) is 3.56. The second kappa shape index (κ2) is 10.3. The zero-order valence-corrected chi connectivity index (χ0v) is 17.7. The molecule has 2 rings (SSSR count). The smallest absolute Gasteiger partial charge is 0.422 e. The van der Waals surface area contributed by atoms with E-state index in [2.05, 4.69) is 29.7 Å². The lowest BCUT2D eigenvalue weighted by atomic mass is 10.1. The molecule has 33 heavy (non-hydrogen) atoms.